The first kappa shape index (κ1) is 14.2. The van der Waals surface area contributed by atoms with Gasteiger partial charge < -0.3 is 16.2 Å². The van der Waals surface area contributed by atoms with E-state index in [2.05, 4.69) is 10.4 Å². The predicted molar refractivity (Wildman–Crippen MR) is 74.5 cm³/mol. The normalized spacial score (nSPS) is 14.6. The number of nitrogen functional groups attached to an aromatic ring is 1. The molecular weight excluding hydrogens is 236 g/mol. The van der Waals surface area contributed by atoms with Gasteiger partial charge in [0.05, 0.1) is 17.0 Å². The van der Waals surface area contributed by atoms with Crippen molar-refractivity contribution < 1.29 is 5.11 Å². The molecule has 17 heavy (non-hydrogen) atoms. The monoisotopic (exact) mass is 258 g/mol. The topological polar surface area (TPSA) is 76.1 Å². The van der Waals surface area contributed by atoms with Gasteiger partial charge in [-0.15, -0.1) is 0 Å². The van der Waals surface area contributed by atoms with Gasteiger partial charge in [0.1, 0.15) is 5.82 Å². The lowest BCUT2D eigenvalue weighted by molar-refractivity contribution is 0.0996. The molecule has 0 amide bonds. The SMILES string of the molecule is CCc1nn(C)c(NCC(C)(O)CSC)c1N. The quantitative estimate of drug-likeness (QED) is 0.712. The minimum Gasteiger partial charge on any atom is -0.394 e. The number of hydrogen-bond acceptors (Lipinski definition) is 5. The number of nitrogens with two attached hydrogens (primary N) is 1. The molecule has 1 unspecified atom stereocenters. The van der Waals surface area contributed by atoms with Crippen LogP contribution in [-0.4, -0.2) is 39.0 Å². The molecule has 0 aromatic carbocycles. The van der Waals surface area contributed by atoms with Crippen molar-refractivity contribution in [3.05, 3.63) is 5.69 Å². The van der Waals surface area contributed by atoms with Gasteiger partial charge >= 0.3 is 0 Å². The fourth-order valence-electron chi connectivity index (χ4n) is 1.70. The van der Waals surface area contributed by atoms with Gasteiger partial charge in [0.25, 0.3) is 0 Å². The Bertz CT molecular complexity index is 376. The van der Waals surface area contributed by atoms with Gasteiger partial charge in [0.15, 0.2) is 0 Å². The van der Waals surface area contributed by atoms with E-state index in [0.29, 0.717) is 18.0 Å². The Morgan fingerprint density at radius 2 is 2.24 bits per heavy atom. The fourth-order valence-corrected chi connectivity index (χ4v) is 2.43. The van der Waals surface area contributed by atoms with E-state index in [1.54, 1.807) is 16.4 Å². The van der Waals surface area contributed by atoms with Gasteiger partial charge in [-0.1, -0.05) is 6.92 Å². The van der Waals surface area contributed by atoms with Crippen LogP contribution < -0.4 is 11.1 Å². The molecule has 1 aromatic rings. The van der Waals surface area contributed by atoms with Gasteiger partial charge in [0, 0.05) is 19.3 Å². The number of anilines is 2. The van der Waals surface area contributed by atoms with Crippen molar-refractivity contribution in [2.75, 3.05) is 29.6 Å². The third kappa shape index (κ3) is 3.54. The maximum absolute atomic E-state index is 10.1. The molecule has 1 rings (SSSR count). The number of thioether (sulfide) groups is 1. The largest absolute Gasteiger partial charge is 0.394 e. The van der Waals surface area contributed by atoms with Crippen LogP contribution in [0, 0.1) is 0 Å². The Morgan fingerprint density at radius 1 is 1.59 bits per heavy atom. The highest BCUT2D eigenvalue weighted by molar-refractivity contribution is 7.98. The molecule has 0 spiro atoms. The number of aryl methyl sites for hydroxylation is 2. The first-order chi connectivity index (χ1) is 7.91. The second kappa shape index (κ2) is 5.64. The molecule has 0 radical (unpaired) electrons. The molecule has 0 aliphatic heterocycles. The van der Waals surface area contributed by atoms with Gasteiger partial charge in [-0.25, -0.2) is 0 Å². The van der Waals surface area contributed by atoms with E-state index in [9.17, 15) is 5.11 Å². The van der Waals surface area contributed by atoms with Crippen LogP contribution in [-0.2, 0) is 13.5 Å². The van der Waals surface area contributed by atoms with Gasteiger partial charge in [0.2, 0.25) is 0 Å². The van der Waals surface area contributed by atoms with E-state index in [4.69, 9.17) is 5.73 Å². The molecule has 1 atom stereocenters. The van der Waals surface area contributed by atoms with E-state index in [-0.39, 0.29) is 0 Å². The van der Waals surface area contributed by atoms with E-state index in [1.165, 1.54) is 0 Å². The van der Waals surface area contributed by atoms with Crippen molar-refractivity contribution in [3.8, 4) is 0 Å². The zero-order valence-electron chi connectivity index (χ0n) is 10.9. The van der Waals surface area contributed by atoms with Crippen molar-refractivity contribution in [2.24, 2.45) is 7.05 Å². The molecule has 6 heteroatoms. The van der Waals surface area contributed by atoms with Gasteiger partial charge in [-0.05, 0) is 19.6 Å². The van der Waals surface area contributed by atoms with Crippen LogP contribution >= 0.6 is 11.8 Å². The van der Waals surface area contributed by atoms with E-state index < -0.39 is 5.60 Å². The Kier molecular flexibility index (Phi) is 4.70. The van der Waals surface area contributed by atoms with E-state index in [0.717, 1.165) is 17.9 Å². The third-order valence-electron chi connectivity index (χ3n) is 2.59. The number of nitrogens with one attached hydrogen (secondary N) is 1. The van der Waals surface area contributed by atoms with Crippen molar-refractivity contribution >= 4 is 23.3 Å². The Morgan fingerprint density at radius 3 is 2.71 bits per heavy atom. The zero-order valence-corrected chi connectivity index (χ0v) is 11.8. The highest BCUT2D eigenvalue weighted by Gasteiger charge is 2.21. The molecular formula is C11H22N4OS. The van der Waals surface area contributed by atoms with Crippen LogP contribution in [0.25, 0.3) is 0 Å². The standard InChI is InChI=1S/C11H22N4OS/c1-5-8-9(12)10(15(3)14-8)13-6-11(2,16)7-17-4/h13,16H,5-7,12H2,1-4H3. The minimum atomic E-state index is -0.748. The lowest BCUT2D eigenvalue weighted by Crippen LogP contribution is -2.36. The first-order valence-corrected chi connectivity index (χ1v) is 7.07. The number of aliphatic hydroxyl groups is 1. The first-order valence-electron chi connectivity index (χ1n) is 5.67. The summed E-state index contributed by atoms with van der Waals surface area (Å²) in [5.41, 5.74) is 6.80. The number of nitrogens with zero attached hydrogens (tertiary/aromatic N) is 2. The van der Waals surface area contributed by atoms with Crippen LogP contribution in [0.5, 0.6) is 0 Å². The molecule has 4 N–H and O–H groups in total. The van der Waals surface area contributed by atoms with Crippen molar-refractivity contribution in [2.45, 2.75) is 25.9 Å². The molecule has 0 aliphatic rings. The van der Waals surface area contributed by atoms with Crippen molar-refractivity contribution in [1.29, 1.82) is 0 Å². The van der Waals surface area contributed by atoms with Crippen LogP contribution in [0.15, 0.2) is 0 Å². The summed E-state index contributed by atoms with van der Waals surface area (Å²) in [4.78, 5) is 0. The summed E-state index contributed by atoms with van der Waals surface area (Å²) in [7, 11) is 1.85. The highest BCUT2D eigenvalue weighted by Crippen LogP contribution is 2.23. The smallest absolute Gasteiger partial charge is 0.147 e. The summed E-state index contributed by atoms with van der Waals surface area (Å²) in [6.07, 6.45) is 2.78. The summed E-state index contributed by atoms with van der Waals surface area (Å²) in [5.74, 6) is 1.46. The second-order valence-corrected chi connectivity index (χ2v) is 5.34. The summed E-state index contributed by atoms with van der Waals surface area (Å²) in [6, 6.07) is 0. The molecule has 1 aromatic heterocycles. The lowest BCUT2D eigenvalue weighted by Gasteiger charge is -2.23. The fraction of sp³-hybridized carbons (Fsp3) is 0.727. The summed E-state index contributed by atoms with van der Waals surface area (Å²) in [5, 5.41) is 17.6. The molecule has 1 heterocycles. The molecule has 0 aliphatic carbocycles. The molecule has 0 bridgehead atoms. The van der Waals surface area contributed by atoms with E-state index >= 15 is 0 Å². The highest BCUT2D eigenvalue weighted by atomic mass is 32.2. The van der Waals surface area contributed by atoms with Crippen molar-refractivity contribution in [3.63, 3.8) is 0 Å². The maximum Gasteiger partial charge on any atom is 0.147 e. The maximum atomic E-state index is 10.1. The minimum absolute atomic E-state index is 0.459. The number of hydrogen-bond donors (Lipinski definition) is 3. The second-order valence-electron chi connectivity index (χ2n) is 4.47. The Labute approximate surface area is 107 Å². The Hall–Kier alpha value is -0.880. The van der Waals surface area contributed by atoms with Crippen LogP contribution in [0.4, 0.5) is 11.5 Å². The van der Waals surface area contributed by atoms with Crippen LogP contribution in [0.1, 0.15) is 19.5 Å². The summed E-state index contributed by atoms with van der Waals surface area (Å²) in [6.45, 7) is 4.29. The van der Waals surface area contributed by atoms with Gasteiger partial charge in [-0.3, -0.25) is 4.68 Å². The lowest BCUT2D eigenvalue weighted by atomic mass is 10.1. The molecule has 0 saturated heterocycles. The van der Waals surface area contributed by atoms with E-state index in [1.807, 2.05) is 27.2 Å². The van der Waals surface area contributed by atoms with Gasteiger partial charge in [-0.2, -0.15) is 16.9 Å². The van der Waals surface area contributed by atoms with Crippen molar-refractivity contribution in [1.82, 2.24) is 9.78 Å². The predicted octanol–water partition coefficient (Wildman–Crippen LogP) is 1.09. The molecule has 0 saturated carbocycles. The molecule has 0 fully saturated rings. The number of aromatic nitrogens is 2. The molecule has 98 valence electrons. The van der Waals surface area contributed by atoms with Crippen LogP contribution in [0.2, 0.25) is 0 Å². The third-order valence-corrected chi connectivity index (χ3v) is 3.50. The Balaban J connectivity index is 2.72. The summed E-state index contributed by atoms with van der Waals surface area (Å²) < 4.78 is 1.73. The van der Waals surface area contributed by atoms with Crippen LogP contribution in [0.3, 0.4) is 0 Å². The average Bonchev–Trinajstić information content (AvgIpc) is 2.51. The number of rotatable bonds is 6. The molecule has 5 nitrogen and oxygen atoms in total. The zero-order chi connectivity index (χ0) is 13.1. The summed E-state index contributed by atoms with van der Waals surface area (Å²) >= 11 is 1.62. The average molecular weight is 258 g/mol.